The Hall–Kier alpha value is -2.64. The van der Waals surface area contributed by atoms with Crippen molar-refractivity contribution in [2.45, 2.75) is 29.2 Å². The summed E-state index contributed by atoms with van der Waals surface area (Å²) < 4.78 is 51.3. The van der Waals surface area contributed by atoms with Crippen molar-refractivity contribution in [2.24, 2.45) is 0 Å². The second kappa shape index (κ2) is 9.24. The van der Waals surface area contributed by atoms with Crippen LogP contribution in [0.25, 0.3) is 0 Å². The molecule has 0 saturated carbocycles. The number of rotatable bonds is 7. The van der Waals surface area contributed by atoms with E-state index in [1.54, 1.807) is 18.2 Å². The number of alkyl halides is 3. The number of methoxy groups -OCH3 is 1. The highest BCUT2D eigenvalue weighted by atomic mass is 32.2. The Labute approximate surface area is 171 Å². The van der Waals surface area contributed by atoms with Gasteiger partial charge in [-0.05, 0) is 35.4 Å². The quantitative estimate of drug-likeness (QED) is 0.514. The van der Waals surface area contributed by atoms with Gasteiger partial charge in [-0.25, -0.2) is 0 Å². The number of aliphatic hydroxyl groups is 1. The first-order valence-electron chi connectivity index (χ1n) is 8.75. The van der Waals surface area contributed by atoms with Crippen LogP contribution in [0.4, 0.5) is 13.2 Å². The molecule has 0 aliphatic heterocycles. The Morgan fingerprint density at radius 2 is 1.69 bits per heavy atom. The molecule has 0 aromatic heterocycles. The van der Waals surface area contributed by atoms with Crippen LogP contribution in [0.5, 0.6) is 11.5 Å². The Kier molecular flexibility index (Phi) is 6.71. The summed E-state index contributed by atoms with van der Waals surface area (Å²) in [6.07, 6.45) is -4.52. The molecule has 0 spiro atoms. The summed E-state index contributed by atoms with van der Waals surface area (Å²) in [5.74, 6) is 0.910. The minimum absolute atomic E-state index is 0.0255. The minimum Gasteiger partial charge on any atom is -0.493 e. The number of aliphatic hydroxyl groups excluding tert-OH is 1. The van der Waals surface area contributed by atoms with E-state index in [0.717, 1.165) is 23.4 Å². The molecule has 0 saturated heterocycles. The number of benzene rings is 3. The second-order valence-electron chi connectivity index (χ2n) is 6.14. The summed E-state index contributed by atoms with van der Waals surface area (Å²) in [4.78, 5) is 0.516. The van der Waals surface area contributed by atoms with Gasteiger partial charge >= 0.3 is 6.18 Å². The minimum atomic E-state index is -4.52. The van der Waals surface area contributed by atoms with Crippen molar-refractivity contribution in [3.05, 3.63) is 83.4 Å². The molecule has 0 amide bonds. The van der Waals surface area contributed by atoms with Crippen molar-refractivity contribution in [2.75, 3.05) is 7.11 Å². The molecule has 152 valence electrons. The average Bonchev–Trinajstić information content (AvgIpc) is 2.72. The monoisotopic (exact) mass is 420 g/mol. The maximum Gasteiger partial charge on any atom is 0.417 e. The highest BCUT2D eigenvalue weighted by molar-refractivity contribution is 7.99. The fourth-order valence-corrected chi connectivity index (χ4v) is 3.83. The molecule has 0 atom stereocenters. The van der Waals surface area contributed by atoms with E-state index < -0.39 is 18.3 Å². The van der Waals surface area contributed by atoms with Crippen molar-refractivity contribution in [1.29, 1.82) is 0 Å². The standard InChI is InChI=1S/C22H19F3O3S/c1-27-20-12-17(10-11-19(20)28-14-15-6-3-2-4-7-15)29-21-16(13-26)8-5-9-18(21)22(23,24)25/h2-12,26H,13-14H2,1H3. The molecule has 0 radical (unpaired) electrons. The number of hydrogen-bond donors (Lipinski definition) is 1. The Morgan fingerprint density at radius 3 is 2.34 bits per heavy atom. The van der Waals surface area contributed by atoms with Gasteiger partial charge in [-0.2, -0.15) is 13.2 Å². The molecule has 0 bridgehead atoms. The molecular weight excluding hydrogens is 401 g/mol. The summed E-state index contributed by atoms with van der Waals surface area (Å²) >= 11 is 0.929. The fraction of sp³-hybridized carbons (Fsp3) is 0.182. The number of halogens is 3. The molecule has 0 fully saturated rings. The highest BCUT2D eigenvalue weighted by Gasteiger charge is 2.34. The van der Waals surface area contributed by atoms with Gasteiger partial charge in [0.1, 0.15) is 6.61 Å². The molecule has 0 heterocycles. The van der Waals surface area contributed by atoms with E-state index in [-0.39, 0.29) is 10.5 Å². The lowest BCUT2D eigenvalue weighted by Crippen LogP contribution is -2.08. The average molecular weight is 420 g/mol. The third kappa shape index (κ3) is 5.25. The Morgan fingerprint density at radius 1 is 0.931 bits per heavy atom. The van der Waals surface area contributed by atoms with Crippen LogP contribution in [-0.4, -0.2) is 12.2 Å². The van der Waals surface area contributed by atoms with E-state index in [2.05, 4.69) is 0 Å². The van der Waals surface area contributed by atoms with Crippen LogP contribution in [0, 0.1) is 0 Å². The maximum absolute atomic E-state index is 13.4. The first-order valence-corrected chi connectivity index (χ1v) is 9.56. The van der Waals surface area contributed by atoms with Crippen LogP contribution >= 0.6 is 11.8 Å². The number of hydrogen-bond acceptors (Lipinski definition) is 4. The van der Waals surface area contributed by atoms with Crippen molar-refractivity contribution >= 4 is 11.8 Å². The molecule has 3 aromatic carbocycles. The van der Waals surface area contributed by atoms with Gasteiger partial charge in [-0.1, -0.05) is 54.2 Å². The largest absolute Gasteiger partial charge is 0.493 e. The predicted molar refractivity (Wildman–Crippen MR) is 105 cm³/mol. The fourth-order valence-electron chi connectivity index (χ4n) is 2.74. The normalized spacial score (nSPS) is 11.3. The van der Waals surface area contributed by atoms with E-state index in [1.165, 1.54) is 19.2 Å². The molecule has 29 heavy (non-hydrogen) atoms. The first kappa shape index (κ1) is 21.1. The summed E-state index contributed by atoms with van der Waals surface area (Å²) in [5, 5.41) is 9.48. The molecule has 3 aromatic rings. The predicted octanol–water partition coefficient (Wildman–Crippen LogP) is 5.94. The molecule has 3 rings (SSSR count). The van der Waals surface area contributed by atoms with Crippen LogP contribution in [0.3, 0.4) is 0 Å². The van der Waals surface area contributed by atoms with Gasteiger partial charge in [-0.15, -0.1) is 0 Å². The topological polar surface area (TPSA) is 38.7 Å². The lowest BCUT2D eigenvalue weighted by molar-refractivity contribution is -0.139. The highest BCUT2D eigenvalue weighted by Crippen LogP contribution is 2.43. The maximum atomic E-state index is 13.4. The van der Waals surface area contributed by atoms with E-state index in [0.29, 0.717) is 23.0 Å². The third-order valence-corrected chi connectivity index (χ3v) is 5.34. The van der Waals surface area contributed by atoms with Gasteiger partial charge in [0, 0.05) is 9.79 Å². The van der Waals surface area contributed by atoms with Gasteiger partial charge in [0.05, 0.1) is 19.3 Å². The van der Waals surface area contributed by atoms with Crippen LogP contribution in [0.2, 0.25) is 0 Å². The van der Waals surface area contributed by atoms with Crippen LogP contribution in [0.1, 0.15) is 16.7 Å². The van der Waals surface area contributed by atoms with Crippen molar-refractivity contribution in [3.8, 4) is 11.5 Å². The van der Waals surface area contributed by atoms with Gasteiger partial charge in [0.15, 0.2) is 11.5 Å². The first-order chi connectivity index (χ1) is 13.9. The molecule has 1 N–H and O–H groups in total. The van der Waals surface area contributed by atoms with Gasteiger partial charge in [0.25, 0.3) is 0 Å². The Balaban J connectivity index is 1.86. The van der Waals surface area contributed by atoms with E-state index >= 15 is 0 Å². The third-order valence-electron chi connectivity index (χ3n) is 4.16. The van der Waals surface area contributed by atoms with Gasteiger partial charge in [0.2, 0.25) is 0 Å². The molecular formula is C22H19F3O3S. The lowest BCUT2D eigenvalue weighted by atomic mass is 10.1. The molecule has 7 heteroatoms. The van der Waals surface area contributed by atoms with Crippen molar-refractivity contribution < 1.29 is 27.8 Å². The molecule has 0 aliphatic rings. The van der Waals surface area contributed by atoms with Crippen LogP contribution in [0.15, 0.2) is 76.5 Å². The van der Waals surface area contributed by atoms with Crippen LogP contribution < -0.4 is 9.47 Å². The molecule has 3 nitrogen and oxygen atoms in total. The zero-order valence-corrected chi connectivity index (χ0v) is 16.4. The Bertz CT molecular complexity index is 959. The lowest BCUT2D eigenvalue weighted by Gasteiger charge is -2.16. The SMILES string of the molecule is COc1cc(Sc2c(CO)cccc2C(F)(F)F)ccc1OCc1ccccc1. The van der Waals surface area contributed by atoms with E-state index in [4.69, 9.17) is 9.47 Å². The molecule has 0 aliphatic carbocycles. The smallest absolute Gasteiger partial charge is 0.417 e. The summed E-state index contributed by atoms with van der Waals surface area (Å²) in [5.41, 5.74) is 0.422. The van der Waals surface area contributed by atoms with Gasteiger partial charge in [-0.3, -0.25) is 0 Å². The van der Waals surface area contributed by atoms with Gasteiger partial charge < -0.3 is 14.6 Å². The summed E-state index contributed by atoms with van der Waals surface area (Å²) in [6, 6.07) is 18.3. The zero-order valence-electron chi connectivity index (χ0n) is 15.6. The van der Waals surface area contributed by atoms with Crippen molar-refractivity contribution in [3.63, 3.8) is 0 Å². The summed E-state index contributed by atoms with van der Waals surface area (Å²) in [6.45, 7) is -0.142. The number of ether oxygens (including phenoxy) is 2. The van der Waals surface area contributed by atoms with E-state index in [1.807, 2.05) is 30.3 Å². The second-order valence-corrected chi connectivity index (χ2v) is 7.22. The molecule has 0 unspecified atom stereocenters. The zero-order chi connectivity index (χ0) is 20.9. The van der Waals surface area contributed by atoms with Crippen molar-refractivity contribution in [1.82, 2.24) is 0 Å². The summed E-state index contributed by atoms with van der Waals surface area (Å²) in [7, 11) is 1.47. The van der Waals surface area contributed by atoms with E-state index in [9.17, 15) is 18.3 Å². The van der Waals surface area contributed by atoms with Crippen LogP contribution in [-0.2, 0) is 19.4 Å².